The lowest BCUT2D eigenvalue weighted by Crippen LogP contribution is -2.09. The van der Waals surface area contributed by atoms with Gasteiger partial charge in [0.15, 0.2) is 0 Å². The highest BCUT2D eigenvalue weighted by molar-refractivity contribution is 7.90. The number of benzene rings is 1. The molecule has 16 heavy (non-hydrogen) atoms. The minimum absolute atomic E-state index is 0.559. The van der Waals surface area contributed by atoms with Gasteiger partial charge in [0.1, 0.15) is 11.5 Å². The van der Waals surface area contributed by atoms with Crippen LogP contribution in [0.15, 0.2) is 36.7 Å². The molecule has 83 valence electrons. The summed E-state index contributed by atoms with van der Waals surface area (Å²) in [6.45, 7) is 1.93. The van der Waals surface area contributed by atoms with Crippen molar-refractivity contribution in [3.63, 3.8) is 0 Å². The van der Waals surface area contributed by atoms with Gasteiger partial charge >= 0.3 is 0 Å². The average molecular weight is 233 g/mol. The first-order valence-corrected chi connectivity index (χ1v) is 6.64. The Morgan fingerprint density at radius 1 is 1.50 bits per heavy atom. The smallest absolute Gasteiger partial charge is 0.132 e. The molecule has 0 fully saturated rings. The number of hydrogen-bond donors (Lipinski definition) is 0. The van der Waals surface area contributed by atoms with Crippen molar-refractivity contribution >= 4 is 11.2 Å². The van der Waals surface area contributed by atoms with Gasteiger partial charge in [-0.2, -0.15) is 5.10 Å². The van der Waals surface area contributed by atoms with Crippen LogP contribution >= 0.6 is 0 Å². The van der Waals surface area contributed by atoms with E-state index in [-0.39, 0.29) is 0 Å². The van der Waals surface area contributed by atoms with E-state index in [1.807, 2.05) is 37.4 Å². The van der Waals surface area contributed by atoms with Gasteiger partial charge in [-0.25, -0.2) is 4.68 Å². The topological polar surface area (TPSA) is 40.9 Å². The number of aromatic nitrogens is 2. The molecule has 0 aliphatic carbocycles. The summed E-state index contributed by atoms with van der Waals surface area (Å²) < 4.78 is 13.3. The van der Waals surface area contributed by atoms with Crippen molar-refractivity contribution in [2.45, 2.75) is 12.7 Å². The van der Waals surface area contributed by atoms with Crippen LogP contribution in [0.1, 0.15) is 12.5 Å². The first-order valence-electron chi connectivity index (χ1n) is 5.16. The molecular weight excluding hydrogens is 220 g/mol. The fraction of sp³-hybridized carbons (Fsp3) is 0.250. The minimum Gasteiger partial charge on any atom is -0.616 e. The maximum Gasteiger partial charge on any atom is 0.132 e. The molecule has 2 aromatic rings. The van der Waals surface area contributed by atoms with Crippen molar-refractivity contribution in [1.82, 2.24) is 9.78 Å². The van der Waals surface area contributed by atoms with E-state index >= 15 is 0 Å². The number of para-hydroxylation sites is 1. The molecule has 1 heterocycles. The van der Waals surface area contributed by atoms with Crippen LogP contribution in [0.4, 0.5) is 0 Å². The molecule has 0 amide bonds. The van der Waals surface area contributed by atoms with Gasteiger partial charge in [-0.1, -0.05) is 18.2 Å². The van der Waals surface area contributed by atoms with Crippen molar-refractivity contribution in [1.29, 1.82) is 0 Å². The fourth-order valence-electron chi connectivity index (χ4n) is 1.47. The van der Waals surface area contributed by atoms with Gasteiger partial charge in [0, 0.05) is 24.0 Å². The van der Waals surface area contributed by atoms with Crippen LogP contribution in [-0.4, -0.2) is 20.1 Å². The van der Waals surface area contributed by atoms with Gasteiger partial charge < -0.3 is 4.55 Å². The van der Waals surface area contributed by atoms with Gasteiger partial charge in [0.25, 0.3) is 0 Å². The quantitative estimate of drug-likeness (QED) is 0.757. The number of hydrogen-bond acceptors (Lipinski definition) is 2. The highest BCUT2D eigenvalue weighted by atomic mass is 32.2. The predicted molar refractivity (Wildman–Crippen MR) is 64.8 cm³/mol. The normalized spacial score (nSPS) is 12.6. The summed E-state index contributed by atoms with van der Waals surface area (Å²) in [6.07, 6.45) is 3.59. The molecule has 0 N–H and O–H groups in total. The molecule has 0 aliphatic rings. The summed E-state index contributed by atoms with van der Waals surface area (Å²) in [4.78, 5) is 0. The Bertz CT molecular complexity index is 442. The van der Waals surface area contributed by atoms with Crippen LogP contribution < -0.4 is 0 Å². The summed E-state index contributed by atoms with van der Waals surface area (Å²) >= 11 is -0.811. The summed E-state index contributed by atoms with van der Waals surface area (Å²) in [5, 5.41) is 4.17. The first kappa shape index (κ1) is 11.2. The molecule has 1 aromatic carbocycles. The van der Waals surface area contributed by atoms with Gasteiger partial charge in [0.2, 0.25) is 0 Å². The van der Waals surface area contributed by atoms with E-state index in [9.17, 15) is 4.55 Å². The second-order valence-corrected chi connectivity index (χ2v) is 5.11. The van der Waals surface area contributed by atoms with Gasteiger partial charge in [-0.3, -0.25) is 0 Å². The zero-order chi connectivity index (χ0) is 11.4. The number of nitrogens with zero attached hydrogens (tertiary/aromatic N) is 2. The van der Waals surface area contributed by atoms with Crippen LogP contribution in [0.5, 0.6) is 0 Å². The standard InChI is InChI=1S/C12H13N2OS/c1-2-16(15)10-11-6-3-4-7-12(11)14-9-5-8-13-14/h3-6,8-9H,2,10H2,1H3. The summed E-state index contributed by atoms with van der Waals surface area (Å²) in [7, 11) is 0. The summed E-state index contributed by atoms with van der Waals surface area (Å²) in [6, 6.07) is 10.7. The SMILES string of the molecule is CC[S+]([O-])Cc1ccc[c]c1-n1cccn1. The lowest BCUT2D eigenvalue weighted by Gasteiger charge is -2.11. The molecular formula is C12H13N2OS. The molecule has 0 spiro atoms. The van der Waals surface area contributed by atoms with E-state index < -0.39 is 11.2 Å². The molecule has 2 rings (SSSR count). The van der Waals surface area contributed by atoms with E-state index in [0.29, 0.717) is 11.5 Å². The van der Waals surface area contributed by atoms with Gasteiger partial charge in [-0.05, 0) is 24.2 Å². The lowest BCUT2D eigenvalue weighted by molar-refractivity contribution is 0.595. The van der Waals surface area contributed by atoms with E-state index in [4.69, 9.17) is 0 Å². The molecule has 1 radical (unpaired) electrons. The molecule has 1 atom stereocenters. The van der Waals surface area contributed by atoms with E-state index in [2.05, 4.69) is 11.2 Å². The maximum absolute atomic E-state index is 11.6. The van der Waals surface area contributed by atoms with Crippen LogP contribution in [-0.2, 0) is 16.9 Å². The van der Waals surface area contributed by atoms with Gasteiger partial charge in [-0.15, -0.1) is 0 Å². The Morgan fingerprint density at radius 2 is 2.38 bits per heavy atom. The van der Waals surface area contributed by atoms with Crippen molar-refractivity contribution < 1.29 is 4.55 Å². The van der Waals surface area contributed by atoms with Crippen molar-refractivity contribution in [2.24, 2.45) is 0 Å². The monoisotopic (exact) mass is 233 g/mol. The molecule has 4 heteroatoms. The Labute approximate surface area is 98.3 Å². The lowest BCUT2D eigenvalue weighted by atomic mass is 10.2. The summed E-state index contributed by atoms with van der Waals surface area (Å²) in [5.74, 6) is 1.23. The van der Waals surface area contributed by atoms with Crippen molar-refractivity contribution in [2.75, 3.05) is 5.75 Å². The van der Waals surface area contributed by atoms with Crippen molar-refractivity contribution in [3.8, 4) is 5.69 Å². The Balaban J connectivity index is 2.31. The van der Waals surface area contributed by atoms with Gasteiger partial charge in [0.05, 0.1) is 5.69 Å². The van der Waals surface area contributed by atoms with Crippen LogP contribution in [0.2, 0.25) is 0 Å². The zero-order valence-electron chi connectivity index (χ0n) is 9.09. The third-order valence-corrected chi connectivity index (χ3v) is 3.57. The molecule has 0 saturated heterocycles. The fourth-order valence-corrected chi connectivity index (χ4v) is 2.25. The van der Waals surface area contributed by atoms with Crippen molar-refractivity contribution in [3.05, 3.63) is 48.3 Å². The molecule has 0 bridgehead atoms. The van der Waals surface area contributed by atoms with Crippen LogP contribution in [0.3, 0.4) is 0 Å². The highest BCUT2D eigenvalue weighted by Gasteiger charge is 2.10. The third-order valence-electron chi connectivity index (χ3n) is 2.29. The van der Waals surface area contributed by atoms with E-state index in [1.54, 1.807) is 10.9 Å². The predicted octanol–water partition coefficient (Wildman–Crippen LogP) is 1.94. The Morgan fingerprint density at radius 3 is 3.06 bits per heavy atom. The van der Waals surface area contributed by atoms with Crippen LogP contribution in [0, 0.1) is 6.07 Å². The highest BCUT2D eigenvalue weighted by Crippen LogP contribution is 2.16. The second-order valence-electron chi connectivity index (χ2n) is 3.37. The van der Waals surface area contributed by atoms with E-state index in [0.717, 1.165) is 11.3 Å². The first-order chi connectivity index (χ1) is 7.81. The molecule has 1 unspecified atom stereocenters. The largest absolute Gasteiger partial charge is 0.616 e. The summed E-state index contributed by atoms with van der Waals surface area (Å²) in [5.41, 5.74) is 1.90. The van der Waals surface area contributed by atoms with Crippen LogP contribution in [0.25, 0.3) is 5.69 Å². The zero-order valence-corrected chi connectivity index (χ0v) is 9.91. The second kappa shape index (κ2) is 5.18. The average Bonchev–Trinajstić information content (AvgIpc) is 2.83. The Kier molecular flexibility index (Phi) is 3.64. The molecule has 0 aliphatic heterocycles. The third kappa shape index (κ3) is 2.46. The van der Waals surface area contributed by atoms with E-state index in [1.165, 1.54) is 0 Å². The Hall–Kier alpha value is -1.26. The minimum atomic E-state index is -0.811. The molecule has 1 aromatic heterocycles. The maximum atomic E-state index is 11.6. The molecule has 0 saturated carbocycles. The molecule has 3 nitrogen and oxygen atoms in total. The number of rotatable bonds is 4.